The van der Waals surface area contributed by atoms with Crippen molar-refractivity contribution in [3.05, 3.63) is 21.7 Å². The molecular weight excluding hydrogens is 320 g/mol. The second-order valence-electron chi connectivity index (χ2n) is 5.43. The number of hydrogen-bond acceptors (Lipinski definition) is 4. The van der Waals surface area contributed by atoms with E-state index >= 15 is 0 Å². The monoisotopic (exact) mass is 342 g/mol. The van der Waals surface area contributed by atoms with E-state index in [1.807, 2.05) is 6.92 Å². The number of likely N-dealkylation sites (tertiary alicyclic amines) is 1. The van der Waals surface area contributed by atoms with Crippen LogP contribution in [0.3, 0.4) is 0 Å². The molecule has 1 fully saturated rings. The van der Waals surface area contributed by atoms with E-state index in [1.54, 1.807) is 14.2 Å². The summed E-state index contributed by atoms with van der Waals surface area (Å²) in [6.45, 7) is 3.80. The Kier molecular flexibility index (Phi) is 4.94. The molecule has 0 spiro atoms. The summed E-state index contributed by atoms with van der Waals surface area (Å²) in [6.07, 6.45) is 1.07. The molecule has 2 atom stereocenters. The standard InChI is InChI=1S/C15H23BrN2O2/c1-9-14(19-3)11(6-12(16)15(9)20-4)13-5-10(7-17)8-18(13)2/h6,10,13H,5,7-8,17H2,1-4H3. The van der Waals surface area contributed by atoms with Crippen molar-refractivity contribution in [2.24, 2.45) is 11.7 Å². The molecule has 112 valence electrons. The van der Waals surface area contributed by atoms with Crippen LogP contribution in [-0.4, -0.2) is 39.3 Å². The summed E-state index contributed by atoms with van der Waals surface area (Å²) in [6, 6.07) is 2.46. The molecule has 1 saturated heterocycles. The highest BCUT2D eigenvalue weighted by molar-refractivity contribution is 9.10. The quantitative estimate of drug-likeness (QED) is 0.913. The zero-order valence-corrected chi connectivity index (χ0v) is 14.2. The molecule has 0 radical (unpaired) electrons. The van der Waals surface area contributed by atoms with Gasteiger partial charge in [-0.2, -0.15) is 0 Å². The Hall–Kier alpha value is -0.780. The summed E-state index contributed by atoms with van der Waals surface area (Å²) in [5, 5.41) is 0. The van der Waals surface area contributed by atoms with Crippen LogP contribution < -0.4 is 15.2 Å². The van der Waals surface area contributed by atoms with Gasteiger partial charge < -0.3 is 15.2 Å². The number of ether oxygens (including phenoxy) is 2. The maximum atomic E-state index is 5.83. The van der Waals surface area contributed by atoms with E-state index in [2.05, 4.69) is 33.9 Å². The van der Waals surface area contributed by atoms with E-state index in [9.17, 15) is 0 Å². The fourth-order valence-electron chi connectivity index (χ4n) is 3.18. The number of rotatable bonds is 4. The Morgan fingerprint density at radius 2 is 2.00 bits per heavy atom. The average Bonchev–Trinajstić information content (AvgIpc) is 2.80. The van der Waals surface area contributed by atoms with Gasteiger partial charge in [-0.3, -0.25) is 4.90 Å². The van der Waals surface area contributed by atoms with Crippen molar-refractivity contribution in [1.29, 1.82) is 0 Å². The highest BCUT2D eigenvalue weighted by Crippen LogP contribution is 2.45. The number of halogens is 1. The van der Waals surface area contributed by atoms with Gasteiger partial charge >= 0.3 is 0 Å². The van der Waals surface area contributed by atoms with Crippen LogP contribution in [0.4, 0.5) is 0 Å². The molecule has 1 aromatic rings. The summed E-state index contributed by atoms with van der Waals surface area (Å²) >= 11 is 3.60. The largest absolute Gasteiger partial charge is 0.496 e. The minimum atomic E-state index is 0.347. The molecule has 4 nitrogen and oxygen atoms in total. The molecule has 1 aliphatic rings. The van der Waals surface area contributed by atoms with E-state index in [0.717, 1.165) is 41.0 Å². The number of methoxy groups -OCH3 is 2. The lowest BCUT2D eigenvalue weighted by Gasteiger charge is -2.24. The van der Waals surface area contributed by atoms with Gasteiger partial charge in [0.15, 0.2) is 0 Å². The second kappa shape index (κ2) is 6.33. The number of benzene rings is 1. The fraction of sp³-hybridized carbons (Fsp3) is 0.600. The molecule has 2 N–H and O–H groups in total. The van der Waals surface area contributed by atoms with Gasteiger partial charge in [0.1, 0.15) is 11.5 Å². The normalized spacial score (nSPS) is 23.1. The third-order valence-corrected chi connectivity index (χ3v) is 4.77. The van der Waals surface area contributed by atoms with Crippen LogP contribution in [0.5, 0.6) is 11.5 Å². The van der Waals surface area contributed by atoms with Gasteiger partial charge in [-0.05, 0) is 54.9 Å². The Morgan fingerprint density at radius 3 is 2.50 bits per heavy atom. The first-order chi connectivity index (χ1) is 9.53. The molecule has 1 heterocycles. The lowest BCUT2D eigenvalue weighted by Crippen LogP contribution is -2.21. The van der Waals surface area contributed by atoms with Crippen molar-refractivity contribution in [2.75, 3.05) is 34.4 Å². The van der Waals surface area contributed by atoms with Crippen LogP contribution in [0.15, 0.2) is 10.5 Å². The maximum absolute atomic E-state index is 5.83. The predicted molar refractivity (Wildman–Crippen MR) is 84.5 cm³/mol. The van der Waals surface area contributed by atoms with Crippen LogP contribution in [0.25, 0.3) is 0 Å². The zero-order chi connectivity index (χ0) is 14.9. The molecule has 1 aromatic carbocycles. The van der Waals surface area contributed by atoms with Crippen molar-refractivity contribution in [3.63, 3.8) is 0 Å². The van der Waals surface area contributed by atoms with Crippen molar-refractivity contribution in [1.82, 2.24) is 4.90 Å². The topological polar surface area (TPSA) is 47.7 Å². The Labute approximate surface area is 129 Å². The van der Waals surface area contributed by atoms with Gasteiger partial charge in [0, 0.05) is 23.7 Å². The highest BCUT2D eigenvalue weighted by atomic mass is 79.9. The van der Waals surface area contributed by atoms with E-state index in [1.165, 1.54) is 5.56 Å². The lowest BCUT2D eigenvalue weighted by molar-refractivity contribution is 0.301. The van der Waals surface area contributed by atoms with Crippen molar-refractivity contribution in [2.45, 2.75) is 19.4 Å². The lowest BCUT2D eigenvalue weighted by atomic mass is 9.97. The molecule has 5 heteroatoms. The number of nitrogens with zero attached hydrogens (tertiary/aromatic N) is 1. The Balaban J connectivity index is 2.46. The van der Waals surface area contributed by atoms with Gasteiger partial charge in [-0.15, -0.1) is 0 Å². The van der Waals surface area contributed by atoms with E-state index in [4.69, 9.17) is 15.2 Å². The first-order valence-corrected chi connectivity index (χ1v) is 7.64. The number of nitrogens with two attached hydrogens (primary N) is 1. The average molecular weight is 343 g/mol. The zero-order valence-electron chi connectivity index (χ0n) is 12.6. The van der Waals surface area contributed by atoms with Gasteiger partial charge in [-0.1, -0.05) is 0 Å². The maximum Gasteiger partial charge on any atom is 0.139 e. The van der Waals surface area contributed by atoms with Gasteiger partial charge in [0.25, 0.3) is 0 Å². The SMILES string of the molecule is COc1c(Br)cc(C2CC(CN)CN2C)c(OC)c1C. The van der Waals surface area contributed by atoms with Crippen molar-refractivity contribution in [3.8, 4) is 11.5 Å². The van der Waals surface area contributed by atoms with Crippen molar-refractivity contribution >= 4 is 15.9 Å². The van der Waals surface area contributed by atoms with E-state index in [0.29, 0.717) is 12.0 Å². The summed E-state index contributed by atoms with van der Waals surface area (Å²) in [5.74, 6) is 2.30. The minimum Gasteiger partial charge on any atom is -0.496 e. The minimum absolute atomic E-state index is 0.347. The van der Waals surface area contributed by atoms with Crippen LogP contribution in [0.2, 0.25) is 0 Å². The molecule has 0 saturated carbocycles. The molecule has 0 aliphatic carbocycles. The summed E-state index contributed by atoms with van der Waals surface area (Å²) in [4.78, 5) is 2.35. The van der Waals surface area contributed by atoms with Crippen LogP contribution in [0.1, 0.15) is 23.6 Å². The summed E-state index contributed by atoms with van der Waals surface area (Å²) < 4.78 is 12.1. The third-order valence-electron chi connectivity index (χ3n) is 4.18. The molecule has 0 bridgehead atoms. The third kappa shape index (κ3) is 2.67. The van der Waals surface area contributed by atoms with E-state index in [-0.39, 0.29) is 0 Å². The Bertz CT molecular complexity index is 493. The van der Waals surface area contributed by atoms with Gasteiger partial charge in [0.2, 0.25) is 0 Å². The van der Waals surface area contributed by atoms with Crippen LogP contribution in [0, 0.1) is 12.8 Å². The Morgan fingerprint density at radius 1 is 1.35 bits per heavy atom. The second-order valence-corrected chi connectivity index (χ2v) is 6.29. The number of hydrogen-bond donors (Lipinski definition) is 1. The summed E-state index contributed by atoms with van der Waals surface area (Å²) in [5.41, 5.74) is 8.06. The first-order valence-electron chi connectivity index (χ1n) is 6.84. The molecular formula is C15H23BrN2O2. The highest BCUT2D eigenvalue weighted by Gasteiger charge is 2.33. The van der Waals surface area contributed by atoms with Gasteiger partial charge in [-0.25, -0.2) is 0 Å². The predicted octanol–water partition coefficient (Wildman–Crippen LogP) is 2.73. The molecule has 2 unspecified atom stereocenters. The molecule has 0 amide bonds. The molecule has 0 aromatic heterocycles. The smallest absolute Gasteiger partial charge is 0.139 e. The molecule has 20 heavy (non-hydrogen) atoms. The van der Waals surface area contributed by atoms with Crippen molar-refractivity contribution < 1.29 is 9.47 Å². The first kappa shape index (κ1) is 15.6. The van der Waals surface area contributed by atoms with Gasteiger partial charge in [0.05, 0.1) is 18.7 Å². The summed E-state index contributed by atoms with van der Waals surface area (Å²) in [7, 11) is 5.54. The molecule has 2 rings (SSSR count). The van der Waals surface area contributed by atoms with Crippen LogP contribution in [-0.2, 0) is 0 Å². The fourth-order valence-corrected chi connectivity index (χ4v) is 3.88. The van der Waals surface area contributed by atoms with E-state index < -0.39 is 0 Å². The molecule has 1 aliphatic heterocycles. The van der Waals surface area contributed by atoms with Crippen LogP contribution >= 0.6 is 15.9 Å².